The van der Waals surface area contributed by atoms with Gasteiger partial charge in [0, 0.05) is 19.5 Å². The number of nitrogen functional groups attached to an aromatic ring is 1. The third-order valence-electron chi connectivity index (χ3n) is 5.03. The van der Waals surface area contributed by atoms with Gasteiger partial charge in [-0.05, 0) is 37.0 Å². The molecule has 0 aliphatic carbocycles. The van der Waals surface area contributed by atoms with E-state index in [2.05, 4.69) is 4.98 Å². The van der Waals surface area contributed by atoms with Gasteiger partial charge < -0.3 is 20.1 Å². The number of aromatic amines is 1. The maximum Gasteiger partial charge on any atom is 0.330 e. The van der Waals surface area contributed by atoms with Crippen LogP contribution in [0.4, 0.5) is 11.5 Å². The molecule has 0 fully saturated rings. The number of hydrogen-bond donors (Lipinski definition) is 2. The highest BCUT2D eigenvalue weighted by Gasteiger charge is 2.23. The van der Waals surface area contributed by atoms with E-state index in [1.807, 2.05) is 32.0 Å². The lowest BCUT2D eigenvalue weighted by molar-refractivity contribution is -0.118. The quantitative estimate of drug-likeness (QED) is 0.645. The van der Waals surface area contributed by atoms with Crippen molar-refractivity contribution in [3.63, 3.8) is 0 Å². The van der Waals surface area contributed by atoms with Crippen LogP contribution in [0, 0.1) is 0 Å². The molecular weight excluding hydrogens is 388 g/mol. The van der Waals surface area contributed by atoms with Gasteiger partial charge in [-0.2, -0.15) is 0 Å². The average molecular weight is 416 g/mol. The topological polar surface area (TPSA) is 120 Å². The van der Waals surface area contributed by atoms with Crippen molar-refractivity contribution in [2.24, 2.45) is 0 Å². The molecule has 1 aromatic carbocycles. The Morgan fingerprint density at radius 3 is 2.70 bits per heavy atom. The van der Waals surface area contributed by atoms with Gasteiger partial charge in [-0.3, -0.25) is 19.1 Å². The van der Waals surface area contributed by atoms with Gasteiger partial charge in [-0.25, -0.2) is 4.79 Å². The number of unbranched alkanes of at least 4 members (excludes halogenated alkanes) is 1. The highest BCUT2D eigenvalue weighted by molar-refractivity contribution is 5.95. The lowest BCUT2D eigenvalue weighted by Crippen LogP contribution is -2.41. The number of ether oxygens (including phenoxy) is 2. The summed E-state index contributed by atoms with van der Waals surface area (Å²) in [5.74, 6) is 1.15. The zero-order valence-corrected chi connectivity index (χ0v) is 17.4. The van der Waals surface area contributed by atoms with Crippen molar-refractivity contribution in [1.29, 1.82) is 0 Å². The van der Waals surface area contributed by atoms with E-state index >= 15 is 0 Å². The molecule has 9 heteroatoms. The van der Waals surface area contributed by atoms with E-state index in [9.17, 15) is 14.4 Å². The monoisotopic (exact) mass is 416 g/mol. The fourth-order valence-corrected chi connectivity index (χ4v) is 3.44. The van der Waals surface area contributed by atoms with Crippen LogP contribution in [0.3, 0.4) is 0 Å². The summed E-state index contributed by atoms with van der Waals surface area (Å²) in [5, 5.41) is 0. The summed E-state index contributed by atoms with van der Waals surface area (Å²) in [4.78, 5) is 41.4. The smallest absolute Gasteiger partial charge is 0.330 e. The molecule has 0 saturated heterocycles. The first-order chi connectivity index (χ1) is 14.5. The van der Waals surface area contributed by atoms with Crippen molar-refractivity contribution in [1.82, 2.24) is 9.55 Å². The van der Waals surface area contributed by atoms with Crippen LogP contribution < -0.4 is 31.4 Å². The Morgan fingerprint density at radius 1 is 1.20 bits per heavy atom. The van der Waals surface area contributed by atoms with Crippen LogP contribution >= 0.6 is 0 Å². The van der Waals surface area contributed by atoms with Gasteiger partial charge in [0.25, 0.3) is 5.56 Å². The van der Waals surface area contributed by atoms with Crippen LogP contribution in [0.15, 0.2) is 27.8 Å². The lowest BCUT2D eigenvalue weighted by atomic mass is 10.1. The highest BCUT2D eigenvalue weighted by atomic mass is 16.7. The number of benzene rings is 1. The molecule has 1 amide bonds. The number of carbonyl (C=O) groups is 1. The number of amides is 1. The molecule has 30 heavy (non-hydrogen) atoms. The normalized spacial score (nSPS) is 12.2. The number of rotatable bonds is 9. The molecule has 1 aliphatic rings. The second-order valence-corrected chi connectivity index (χ2v) is 7.23. The number of aromatic nitrogens is 2. The Labute approximate surface area is 174 Å². The van der Waals surface area contributed by atoms with Gasteiger partial charge in [0.05, 0.1) is 0 Å². The maximum absolute atomic E-state index is 13.0. The molecule has 0 radical (unpaired) electrons. The number of nitrogens with one attached hydrogen (secondary N) is 1. The minimum absolute atomic E-state index is 0.0297. The number of aryl methyl sites for hydroxylation is 1. The Balaban J connectivity index is 1.83. The molecule has 162 valence electrons. The summed E-state index contributed by atoms with van der Waals surface area (Å²) in [6.07, 6.45) is 2.91. The second-order valence-electron chi connectivity index (χ2n) is 7.23. The fourth-order valence-electron chi connectivity index (χ4n) is 3.44. The molecule has 3 N–H and O–H groups in total. The Hall–Kier alpha value is -3.23. The van der Waals surface area contributed by atoms with Crippen molar-refractivity contribution in [3.05, 3.63) is 44.6 Å². The Morgan fingerprint density at radius 2 is 1.97 bits per heavy atom. The molecule has 1 aliphatic heterocycles. The number of anilines is 2. The second kappa shape index (κ2) is 9.51. The molecule has 0 spiro atoms. The van der Waals surface area contributed by atoms with Crippen molar-refractivity contribution in [3.8, 4) is 11.5 Å². The third kappa shape index (κ3) is 4.50. The summed E-state index contributed by atoms with van der Waals surface area (Å²) in [5.41, 5.74) is 5.96. The average Bonchev–Trinajstić information content (AvgIpc) is 3.19. The van der Waals surface area contributed by atoms with Crippen LogP contribution in [0.25, 0.3) is 0 Å². The summed E-state index contributed by atoms with van der Waals surface area (Å²) >= 11 is 0. The van der Waals surface area contributed by atoms with Crippen LogP contribution in [0.1, 0.15) is 45.1 Å². The first kappa shape index (κ1) is 21.5. The van der Waals surface area contributed by atoms with Crippen LogP contribution in [0.5, 0.6) is 11.5 Å². The van der Waals surface area contributed by atoms with Crippen molar-refractivity contribution < 1.29 is 14.3 Å². The number of carbonyl (C=O) groups excluding carboxylic acids is 1. The van der Waals surface area contributed by atoms with Crippen LogP contribution in [-0.2, 0) is 17.8 Å². The summed E-state index contributed by atoms with van der Waals surface area (Å²) < 4.78 is 12.0. The molecular formula is C21H28N4O5. The summed E-state index contributed by atoms with van der Waals surface area (Å²) in [6, 6.07) is 5.56. The van der Waals surface area contributed by atoms with Gasteiger partial charge >= 0.3 is 5.69 Å². The number of nitrogens with zero attached hydrogens (tertiary/aromatic N) is 2. The standard InChI is InChI=1S/C21H28N4O5/c1-3-5-11-25-19(22)18(20(27)23-21(25)28)24(10-4-2)17(26)9-7-14-6-8-15-16(12-14)30-13-29-15/h6,8,12H,3-5,7,9-11,13,22H2,1-2H3,(H,23,27,28). The van der Waals surface area contributed by atoms with Crippen LogP contribution in [-0.4, -0.2) is 28.8 Å². The molecule has 1 aromatic heterocycles. The first-order valence-electron chi connectivity index (χ1n) is 10.3. The first-order valence-corrected chi connectivity index (χ1v) is 10.3. The molecule has 9 nitrogen and oxygen atoms in total. The fraction of sp³-hybridized carbons (Fsp3) is 0.476. The Kier molecular flexibility index (Phi) is 6.81. The van der Waals surface area contributed by atoms with Crippen LogP contribution in [0.2, 0.25) is 0 Å². The van der Waals surface area contributed by atoms with Crippen molar-refractivity contribution in [2.45, 2.75) is 52.5 Å². The zero-order chi connectivity index (χ0) is 21.7. The SMILES string of the molecule is CCCCn1c(N)c(N(CCC)C(=O)CCc2ccc3c(c2)OCO3)c(=O)[nH]c1=O. The van der Waals surface area contributed by atoms with Crippen molar-refractivity contribution in [2.75, 3.05) is 24.0 Å². The van der Waals surface area contributed by atoms with Gasteiger partial charge in [0.15, 0.2) is 17.2 Å². The third-order valence-corrected chi connectivity index (χ3v) is 5.03. The number of nitrogens with two attached hydrogens (primary N) is 1. The molecule has 3 rings (SSSR count). The minimum Gasteiger partial charge on any atom is -0.454 e. The van der Waals surface area contributed by atoms with Gasteiger partial charge in [-0.1, -0.05) is 26.3 Å². The minimum atomic E-state index is -0.643. The van der Waals surface area contributed by atoms with E-state index in [-0.39, 0.29) is 30.6 Å². The predicted molar refractivity (Wildman–Crippen MR) is 114 cm³/mol. The van der Waals surface area contributed by atoms with E-state index in [1.54, 1.807) is 0 Å². The molecule has 2 heterocycles. The van der Waals surface area contributed by atoms with Gasteiger partial charge in [0.2, 0.25) is 12.7 Å². The zero-order valence-electron chi connectivity index (χ0n) is 17.4. The van der Waals surface area contributed by atoms with Crippen molar-refractivity contribution >= 4 is 17.4 Å². The number of hydrogen-bond acceptors (Lipinski definition) is 6. The van der Waals surface area contributed by atoms with E-state index < -0.39 is 11.2 Å². The van der Waals surface area contributed by atoms with E-state index in [0.29, 0.717) is 37.4 Å². The molecule has 2 aromatic rings. The molecule has 0 saturated carbocycles. The molecule has 0 bridgehead atoms. The molecule has 0 unspecified atom stereocenters. The van der Waals surface area contributed by atoms with Gasteiger partial charge in [0.1, 0.15) is 5.82 Å². The lowest BCUT2D eigenvalue weighted by Gasteiger charge is -2.24. The Bertz CT molecular complexity index is 1030. The number of H-pyrrole nitrogens is 1. The molecule has 0 atom stereocenters. The maximum atomic E-state index is 13.0. The largest absolute Gasteiger partial charge is 0.454 e. The van der Waals surface area contributed by atoms with E-state index in [0.717, 1.165) is 18.4 Å². The van der Waals surface area contributed by atoms with E-state index in [1.165, 1.54) is 9.47 Å². The number of fused-ring (bicyclic) bond motifs is 1. The van der Waals surface area contributed by atoms with Gasteiger partial charge in [-0.15, -0.1) is 0 Å². The highest BCUT2D eigenvalue weighted by Crippen LogP contribution is 2.32. The van der Waals surface area contributed by atoms with E-state index in [4.69, 9.17) is 15.2 Å². The predicted octanol–water partition coefficient (Wildman–Crippen LogP) is 2.02. The summed E-state index contributed by atoms with van der Waals surface area (Å²) in [6.45, 7) is 4.82. The summed E-state index contributed by atoms with van der Waals surface area (Å²) in [7, 11) is 0.